The molecule has 1 aliphatic rings. The van der Waals surface area contributed by atoms with Gasteiger partial charge in [0.15, 0.2) is 6.61 Å². The molecule has 0 aromatic heterocycles. The van der Waals surface area contributed by atoms with Crippen LogP contribution in [0.3, 0.4) is 0 Å². The predicted molar refractivity (Wildman–Crippen MR) is 96.7 cm³/mol. The van der Waals surface area contributed by atoms with Crippen LogP contribution in [0.4, 0.5) is 5.69 Å². The Hall–Kier alpha value is -2.82. The first-order valence-electron chi connectivity index (χ1n) is 8.39. The van der Waals surface area contributed by atoms with Gasteiger partial charge in [0.2, 0.25) is 5.91 Å². The van der Waals surface area contributed by atoms with Gasteiger partial charge < -0.3 is 15.0 Å². The molecule has 1 heterocycles. The van der Waals surface area contributed by atoms with Gasteiger partial charge in [-0.25, -0.2) is 0 Å². The summed E-state index contributed by atoms with van der Waals surface area (Å²) in [5.74, 6) is 0.482. The van der Waals surface area contributed by atoms with E-state index in [1.807, 2.05) is 50.2 Å². The fourth-order valence-electron chi connectivity index (χ4n) is 2.94. The molecule has 0 fully saturated rings. The van der Waals surface area contributed by atoms with Crippen LogP contribution < -0.4 is 15.0 Å². The van der Waals surface area contributed by atoms with Crippen molar-refractivity contribution in [1.29, 1.82) is 0 Å². The number of amides is 2. The number of anilines is 1. The lowest BCUT2D eigenvalue weighted by atomic mass is 10.1. The summed E-state index contributed by atoms with van der Waals surface area (Å²) in [6.07, 6.45) is 0.255. The van der Waals surface area contributed by atoms with Crippen molar-refractivity contribution in [3.8, 4) is 5.75 Å². The number of nitrogens with zero attached hydrogens (tertiary/aromatic N) is 1. The molecular weight excluding hydrogens is 316 g/mol. The minimum Gasteiger partial charge on any atom is -0.482 e. The first-order valence-corrected chi connectivity index (χ1v) is 8.39. The number of carbonyl (C=O) groups is 2. The molecule has 0 radical (unpaired) electrons. The molecule has 0 aliphatic carbocycles. The van der Waals surface area contributed by atoms with Gasteiger partial charge in [-0.05, 0) is 37.1 Å². The molecule has 2 amide bonds. The van der Waals surface area contributed by atoms with Gasteiger partial charge in [0, 0.05) is 19.5 Å². The second-order valence-corrected chi connectivity index (χ2v) is 6.26. The Morgan fingerprint density at radius 3 is 2.80 bits per heavy atom. The molecule has 2 aromatic carbocycles. The van der Waals surface area contributed by atoms with Crippen molar-refractivity contribution in [3.05, 3.63) is 59.2 Å². The van der Waals surface area contributed by atoms with E-state index >= 15 is 0 Å². The predicted octanol–water partition coefficient (Wildman–Crippen LogP) is 2.74. The number of hydrogen-bond acceptors (Lipinski definition) is 3. The van der Waals surface area contributed by atoms with E-state index < -0.39 is 0 Å². The van der Waals surface area contributed by atoms with Gasteiger partial charge in [0.25, 0.3) is 5.91 Å². The Morgan fingerprint density at radius 2 is 2.00 bits per heavy atom. The molecule has 3 rings (SSSR count). The highest BCUT2D eigenvalue weighted by Crippen LogP contribution is 2.31. The third-order valence-electron chi connectivity index (χ3n) is 4.34. The Labute approximate surface area is 147 Å². The number of hydrogen-bond donors (Lipinski definition) is 1. The minimum atomic E-state index is -0.124. The molecule has 0 spiro atoms. The van der Waals surface area contributed by atoms with E-state index in [-0.39, 0.29) is 24.8 Å². The number of carbonyl (C=O) groups excluding carboxylic acids is 2. The van der Waals surface area contributed by atoms with Crippen LogP contribution >= 0.6 is 0 Å². The van der Waals surface area contributed by atoms with Gasteiger partial charge in [0.1, 0.15) is 5.75 Å². The molecule has 1 N–H and O–H groups in total. The van der Waals surface area contributed by atoms with Crippen molar-refractivity contribution in [1.82, 2.24) is 5.32 Å². The smallest absolute Gasteiger partial charge is 0.265 e. The van der Waals surface area contributed by atoms with Gasteiger partial charge in [-0.1, -0.05) is 35.9 Å². The summed E-state index contributed by atoms with van der Waals surface area (Å²) in [5, 5.41) is 2.93. The summed E-state index contributed by atoms with van der Waals surface area (Å²) in [6.45, 7) is 4.95. The zero-order valence-electron chi connectivity index (χ0n) is 14.5. The number of fused-ring (bicyclic) bond motifs is 1. The minimum absolute atomic E-state index is 0.0151. The summed E-state index contributed by atoms with van der Waals surface area (Å²) in [4.78, 5) is 25.9. The number of ether oxygens (including phenoxy) is 1. The Morgan fingerprint density at radius 1 is 1.20 bits per heavy atom. The maximum atomic E-state index is 12.2. The molecule has 0 atom stereocenters. The Bertz CT molecular complexity index is 801. The first kappa shape index (κ1) is 17.0. The number of rotatable bonds is 5. The van der Waals surface area contributed by atoms with Gasteiger partial charge in [0.05, 0.1) is 5.69 Å². The van der Waals surface area contributed by atoms with Crippen molar-refractivity contribution in [2.45, 2.75) is 26.8 Å². The molecule has 0 unspecified atom stereocenters. The molecule has 2 aromatic rings. The lowest BCUT2D eigenvalue weighted by Crippen LogP contribution is -2.41. The summed E-state index contributed by atoms with van der Waals surface area (Å²) in [5.41, 5.74) is 4.20. The second kappa shape index (κ2) is 7.38. The molecule has 25 heavy (non-hydrogen) atoms. The Kier molecular flexibility index (Phi) is 5.03. The summed E-state index contributed by atoms with van der Waals surface area (Å²) >= 11 is 0. The zero-order valence-corrected chi connectivity index (χ0v) is 14.5. The van der Waals surface area contributed by atoms with Gasteiger partial charge in [-0.15, -0.1) is 0 Å². The van der Waals surface area contributed by atoms with E-state index in [4.69, 9.17) is 4.74 Å². The van der Waals surface area contributed by atoms with Crippen LogP contribution in [0.2, 0.25) is 0 Å². The average molecular weight is 338 g/mol. The van der Waals surface area contributed by atoms with Crippen LogP contribution in [0, 0.1) is 13.8 Å². The van der Waals surface area contributed by atoms with Crippen LogP contribution in [0.25, 0.3) is 0 Å². The maximum absolute atomic E-state index is 12.2. The normalized spacial score (nSPS) is 13.2. The van der Waals surface area contributed by atoms with Gasteiger partial charge in [-0.3, -0.25) is 9.59 Å². The van der Waals surface area contributed by atoms with Crippen molar-refractivity contribution in [3.63, 3.8) is 0 Å². The quantitative estimate of drug-likeness (QED) is 0.912. The zero-order chi connectivity index (χ0) is 17.8. The Balaban J connectivity index is 1.56. The van der Waals surface area contributed by atoms with E-state index in [2.05, 4.69) is 11.4 Å². The number of benzene rings is 2. The van der Waals surface area contributed by atoms with E-state index in [1.165, 1.54) is 5.56 Å². The number of aryl methyl sites for hydroxylation is 2. The van der Waals surface area contributed by atoms with Crippen molar-refractivity contribution < 1.29 is 14.3 Å². The van der Waals surface area contributed by atoms with E-state index in [1.54, 1.807) is 4.90 Å². The average Bonchev–Trinajstić information content (AvgIpc) is 2.60. The van der Waals surface area contributed by atoms with Gasteiger partial charge in [-0.2, -0.15) is 0 Å². The van der Waals surface area contributed by atoms with Crippen molar-refractivity contribution in [2.24, 2.45) is 0 Å². The fraction of sp³-hybridized carbons (Fsp3) is 0.300. The molecule has 0 saturated heterocycles. The SMILES string of the molecule is Cc1ccc(CNC(=O)CCN2C(=O)COc3ccccc32)c(C)c1. The fourth-order valence-corrected chi connectivity index (χ4v) is 2.94. The second-order valence-electron chi connectivity index (χ2n) is 6.26. The number of nitrogens with one attached hydrogen (secondary N) is 1. The molecule has 0 saturated carbocycles. The number of para-hydroxylation sites is 2. The molecule has 0 bridgehead atoms. The van der Waals surface area contributed by atoms with Crippen molar-refractivity contribution in [2.75, 3.05) is 18.1 Å². The van der Waals surface area contributed by atoms with E-state index in [0.717, 1.165) is 16.8 Å². The third-order valence-corrected chi connectivity index (χ3v) is 4.34. The molecule has 130 valence electrons. The maximum Gasteiger partial charge on any atom is 0.265 e. The van der Waals surface area contributed by atoms with Crippen LogP contribution in [0.1, 0.15) is 23.1 Å². The summed E-state index contributed by atoms with van der Waals surface area (Å²) < 4.78 is 5.41. The highest BCUT2D eigenvalue weighted by Gasteiger charge is 2.25. The largest absolute Gasteiger partial charge is 0.482 e. The highest BCUT2D eigenvalue weighted by atomic mass is 16.5. The van der Waals surface area contributed by atoms with Crippen LogP contribution in [0.15, 0.2) is 42.5 Å². The standard InChI is InChI=1S/C20H22N2O3/c1-14-7-8-16(15(2)11-14)12-21-19(23)9-10-22-17-5-3-4-6-18(17)25-13-20(22)24/h3-8,11H,9-10,12-13H2,1-2H3,(H,21,23). The molecular formula is C20H22N2O3. The third kappa shape index (κ3) is 3.99. The highest BCUT2D eigenvalue weighted by molar-refractivity contribution is 5.98. The van der Waals surface area contributed by atoms with Crippen LogP contribution in [0.5, 0.6) is 5.75 Å². The van der Waals surface area contributed by atoms with Crippen LogP contribution in [-0.2, 0) is 16.1 Å². The lowest BCUT2D eigenvalue weighted by molar-refractivity contribution is -0.122. The van der Waals surface area contributed by atoms with Crippen LogP contribution in [-0.4, -0.2) is 25.0 Å². The van der Waals surface area contributed by atoms with Crippen molar-refractivity contribution >= 4 is 17.5 Å². The topological polar surface area (TPSA) is 58.6 Å². The molecule has 5 heteroatoms. The molecule has 5 nitrogen and oxygen atoms in total. The van der Waals surface area contributed by atoms with Gasteiger partial charge >= 0.3 is 0 Å². The monoisotopic (exact) mass is 338 g/mol. The van der Waals surface area contributed by atoms with E-state index in [9.17, 15) is 9.59 Å². The summed E-state index contributed by atoms with van der Waals surface area (Å²) in [6, 6.07) is 13.6. The summed E-state index contributed by atoms with van der Waals surface area (Å²) in [7, 11) is 0. The lowest BCUT2D eigenvalue weighted by Gasteiger charge is -2.29. The molecule has 1 aliphatic heterocycles. The first-order chi connectivity index (χ1) is 12.0. The van der Waals surface area contributed by atoms with E-state index in [0.29, 0.717) is 18.8 Å².